The van der Waals surface area contributed by atoms with Gasteiger partial charge in [0.1, 0.15) is 5.82 Å². The van der Waals surface area contributed by atoms with Crippen molar-refractivity contribution in [3.8, 4) is 0 Å². The van der Waals surface area contributed by atoms with Gasteiger partial charge in [-0.1, -0.05) is 12.5 Å². The predicted octanol–water partition coefficient (Wildman–Crippen LogP) is 2.41. The zero-order chi connectivity index (χ0) is 12.3. The second-order valence-corrected chi connectivity index (χ2v) is 4.55. The number of halogens is 1. The SMILES string of the molecule is O=C(O)c1ccc(CNCC2CCC2)cc1F. The molecule has 0 spiro atoms. The van der Waals surface area contributed by atoms with Crippen LogP contribution in [-0.2, 0) is 6.54 Å². The van der Waals surface area contributed by atoms with E-state index in [1.807, 2.05) is 0 Å². The van der Waals surface area contributed by atoms with Crippen molar-refractivity contribution in [2.24, 2.45) is 5.92 Å². The van der Waals surface area contributed by atoms with Crippen molar-refractivity contribution in [2.75, 3.05) is 6.54 Å². The summed E-state index contributed by atoms with van der Waals surface area (Å²) in [6.07, 6.45) is 3.87. The van der Waals surface area contributed by atoms with E-state index in [0.717, 1.165) is 18.0 Å². The Kier molecular flexibility index (Phi) is 3.74. The molecule has 17 heavy (non-hydrogen) atoms. The quantitative estimate of drug-likeness (QED) is 0.826. The van der Waals surface area contributed by atoms with Crippen molar-refractivity contribution in [1.82, 2.24) is 5.32 Å². The van der Waals surface area contributed by atoms with Crippen LogP contribution < -0.4 is 5.32 Å². The largest absolute Gasteiger partial charge is 0.478 e. The van der Waals surface area contributed by atoms with Crippen LogP contribution in [0.2, 0.25) is 0 Å². The van der Waals surface area contributed by atoms with E-state index in [1.54, 1.807) is 6.07 Å². The van der Waals surface area contributed by atoms with Gasteiger partial charge in [-0.2, -0.15) is 0 Å². The molecule has 0 radical (unpaired) electrons. The summed E-state index contributed by atoms with van der Waals surface area (Å²) < 4.78 is 13.4. The van der Waals surface area contributed by atoms with E-state index in [9.17, 15) is 9.18 Å². The van der Waals surface area contributed by atoms with E-state index >= 15 is 0 Å². The van der Waals surface area contributed by atoms with Crippen LogP contribution in [0.5, 0.6) is 0 Å². The molecule has 4 heteroatoms. The van der Waals surface area contributed by atoms with Crippen LogP contribution in [-0.4, -0.2) is 17.6 Å². The molecule has 1 aliphatic rings. The van der Waals surface area contributed by atoms with Gasteiger partial charge in [0, 0.05) is 6.54 Å². The standard InChI is InChI=1S/C13H16FNO2/c14-12-6-10(4-5-11(12)13(16)17)8-15-7-9-2-1-3-9/h4-6,9,15H,1-3,7-8H2,(H,16,17). The first-order valence-electron chi connectivity index (χ1n) is 5.89. The van der Waals surface area contributed by atoms with E-state index < -0.39 is 11.8 Å². The number of hydrogen-bond acceptors (Lipinski definition) is 2. The van der Waals surface area contributed by atoms with Crippen LogP contribution in [0.3, 0.4) is 0 Å². The van der Waals surface area contributed by atoms with E-state index in [1.165, 1.54) is 31.4 Å². The summed E-state index contributed by atoms with van der Waals surface area (Å²) in [4.78, 5) is 10.6. The summed E-state index contributed by atoms with van der Waals surface area (Å²) in [5, 5.41) is 12.0. The van der Waals surface area contributed by atoms with Crippen LogP contribution in [0.1, 0.15) is 35.2 Å². The number of carboxylic acid groups (broad SMARTS) is 1. The number of carbonyl (C=O) groups is 1. The minimum Gasteiger partial charge on any atom is -0.478 e. The first-order chi connectivity index (χ1) is 8.16. The summed E-state index contributed by atoms with van der Waals surface area (Å²) in [5.41, 5.74) is 0.513. The third-order valence-electron chi connectivity index (χ3n) is 3.25. The van der Waals surface area contributed by atoms with Gasteiger partial charge in [-0.05, 0) is 43.0 Å². The number of hydrogen-bond donors (Lipinski definition) is 2. The minimum absolute atomic E-state index is 0.271. The molecule has 0 atom stereocenters. The van der Waals surface area contributed by atoms with E-state index in [4.69, 9.17) is 5.11 Å². The van der Waals surface area contributed by atoms with Gasteiger partial charge in [-0.25, -0.2) is 9.18 Å². The molecule has 0 aliphatic heterocycles. The fourth-order valence-electron chi connectivity index (χ4n) is 1.96. The van der Waals surface area contributed by atoms with Gasteiger partial charge >= 0.3 is 5.97 Å². The third-order valence-corrected chi connectivity index (χ3v) is 3.25. The molecule has 0 heterocycles. The van der Waals surface area contributed by atoms with Crippen LogP contribution in [0, 0.1) is 11.7 Å². The van der Waals surface area contributed by atoms with Crippen LogP contribution in [0.4, 0.5) is 4.39 Å². The fourth-order valence-corrected chi connectivity index (χ4v) is 1.96. The van der Waals surface area contributed by atoms with Crippen molar-refractivity contribution >= 4 is 5.97 Å². The molecule has 0 unspecified atom stereocenters. The Morgan fingerprint density at radius 2 is 2.24 bits per heavy atom. The predicted molar refractivity (Wildman–Crippen MR) is 62.4 cm³/mol. The third kappa shape index (κ3) is 3.03. The summed E-state index contributed by atoms with van der Waals surface area (Å²) in [7, 11) is 0. The Morgan fingerprint density at radius 1 is 1.47 bits per heavy atom. The maximum atomic E-state index is 13.4. The lowest BCUT2D eigenvalue weighted by atomic mass is 9.85. The maximum absolute atomic E-state index is 13.4. The van der Waals surface area contributed by atoms with Crippen molar-refractivity contribution in [3.05, 3.63) is 35.1 Å². The van der Waals surface area contributed by atoms with Gasteiger partial charge < -0.3 is 10.4 Å². The summed E-state index contributed by atoms with van der Waals surface area (Å²) in [5.74, 6) is -1.13. The summed E-state index contributed by atoms with van der Waals surface area (Å²) >= 11 is 0. The number of benzene rings is 1. The normalized spacial score (nSPS) is 15.6. The lowest BCUT2D eigenvalue weighted by Gasteiger charge is -2.25. The van der Waals surface area contributed by atoms with E-state index in [2.05, 4.69) is 5.32 Å². The Bertz CT molecular complexity index is 416. The molecule has 1 aromatic rings. The lowest BCUT2D eigenvalue weighted by Crippen LogP contribution is -2.26. The first-order valence-corrected chi connectivity index (χ1v) is 5.89. The van der Waals surface area contributed by atoms with Crippen LogP contribution >= 0.6 is 0 Å². The second kappa shape index (κ2) is 5.27. The van der Waals surface area contributed by atoms with E-state index in [-0.39, 0.29) is 5.56 Å². The smallest absolute Gasteiger partial charge is 0.338 e. The molecule has 0 aromatic heterocycles. The van der Waals surface area contributed by atoms with Gasteiger partial charge in [0.25, 0.3) is 0 Å². The average molecular weight is 237 g/mol. The lowest BCUT2D eigenvalue weighted by molar-refractivity contribution is 0.0692. The molecule has 2 N–H and O–H groups in total. The molecule has 0 amide bonds. The van der Waals surface area contributed by atoms with Gasteiger partial charge in [0.15, 0.2) is 0 Å². The molecule has 1 saturated carbocycles. The van der Waals surface area contributed by atoms with Crippen molar-refractivity contribution in [2.45, 2.75) is 25.8 Å². The van der Waals surface area contributed by atoms with Gasteiger partial charge in [0.2, 0.25) is 0 Å². The van der Waals surface area contributed by atoms with Gasteiger partial charge in [-0.15, -0.1) is 0 Å². The number of rotatable bonds is 5. The molecule has 1 aliphatic carbocycles. The number of aromatic carboxylic acids is 1. The molecular formula is C13H16FNO2. The molecule has 3 nitrogen and oxygen atoms in total. The van der Waals surface area contributed by atoms with E-state index in [0.29, 0.717) is 6.54 Å². The first kappa shape index (κ1) is 12.0. The Morgan fingerprint density at radius 3 is 2.76 bits per heavy atom. The summed E-state index contributed by atoms with van der Waals surface area (Å²) in [6, 6.07) is 4.26. The Labute approximate surface area is 99.7 Å². The Balaban J connectivity index is 1.88. The molecule has 92 valence electrons. The topological polar surface area (TPSA) is 49.3 Å². The molecule has 1 fully saturated rings. The number of carboxylic acids is 1. The molecule has 0 saturated heterocycles. The molecular weight excluding hydrogens is 221 g/mol. The zero-order valence-corrected chi connectivity index (χ0v) is 9.58. The van der Waals surface area contributed by atoms with Crippen molar-refractivity contribution in [1.29, 1.82) is 0 Å². The molecule has 0 bridgehead atoms. The average Bonchev–Trinajstić information content (AvgIpc) is 2.21. The number of nitrogens with one attached hydrogen (secondary N) is 1. The van der Waals surface area contributed by atoms with Crippen LogP contribution in [0.25, 0.3) is 0 Å². The second-order valence-electron chi connectivity index (χ2n) is 4.55. The Hall–Kier alpha value is -1.42. The minimum atomic E-state index is -1.23. The van der Waals surface area contributed by atoms with Gasteiger partial charge in [-0.3, -0.25) is 0 Å². The highest BCUT2D eigenvalue weighted by atomic mass is 19.1. The fraction of sp³-hybridized carbons (Fsp3) is 0.462. The van der Waals surface area contributed by atoms with Crippen molar-refractivity contribution in [3.63, 3.8) is 0 Å². The molecule has 1 aromatic carbocycles. The monoisotopic (exact) mass is 237 g/mol. The highest BCUT2D eigenvalue weighted by Gasteiger charge is 2.16. The van der Waals surface area contributed by atoms with Gasteiger partial charge in [0.05, 0.1) is 5.56 Å². The van der Waals surface area contributed by atoms with Crippen molar-refractivity contribution < 1.29 is 14.3 Å². The highest BCUT2D eigenvalue weighted by molar-refractivity contribution is 5.87. The molecule has 2 rings (SSSR count). The van der Waals surface area contributed by atoms with Crippen LogP contribution in [0.15, 0.2) is 18.2 Å². The summed E-state index contributed by atoms with van der Waals surface area (Å²) in [6.45, 7) is 1.55. The maximum Gasteiger partial charge on any atom is 0.338 e. The highest BCUT2D eigenvalue weighted by Crippen LogP contribution is 2.25. The zero-order valence-electron chi connectivity index (χ0n) is 9.58.